The van der Waals surface area contributed by atoms with E-state index in [-0.39, 0.29) is 11.7 Å². The smallest absolute Gasteiger partial charge is 0.295 e. The summed E-state index contributed by atoms with van der Waals surface area (Å²) in [6.45, 7) is 4.34. The van der Waals surface area contributed by atoms with Crippen LogP contribution in [0.4, 0.5) is 5.69 Å². The van der Waals surface area contributed by atoms with Crippen molar-refractivity contribution in [3.05, 3.63) is 41.0 Å². The van der Waals surface area contributed by atoms with Gasteiger partial charge in [-0.25, -0.2) is 0 Å². The second-order valence-electron chi connectivity index (χ2n) is 4.87. The van der Waals surface area contributed by atoms with Crippen LogP contribution in [0, 0.1) is 6.92 Å². The SMILES string of the molecule is Cc1nc(C(=O)N2CCN(c3ccccc3Cl)CC2)no1. The molecule has 21 heavy (non-hydrogen) atoms. The van der Waals surface area contributed by atoms with E-state index in [2.05, 4.69) is 15.0 Å². The van der Waals surface area contributed by atoms with Crippen LogP contribution in [0.3, 0.4) is 0 Å². The maximum atomic E-state index is 12.2. The van der Waals surface area contributed by atoms with Gasteiger partial charge in [0.2, 0.25) is 5.89 Å². The van der Waals surface area contributed by atoms with Gasteiger partial charge in [-0.05, 0) is 12.1 Å². The van der Waals surface area contributed by atoms with E-state index in [1.54, 1.807) is 11.8 Å². The number of carbonyl (C=O) groups is 1. The van der Waals surface area contributed by atoms with E-state index in [1.165, 1.54) is 0 Å². The third-order valence-electron chi connectivity index (χ3n) is 3.48. The van der Waals surface area contributed by atoms with Crippen molar-refractivity contribution in [2.75, 3.05) is 31.1 Å². The van der Waals surface area contributed by atoms with Crippen LogP contribution in [0.5, 0.6) is 0 Å². The van der Waals surface area contributed by atoms with Crippen LogP contribution >= 0.6 is 11.6 Å². The summed E-state index contributed by atoms with van der Waals surface area (Å²) in [5.41, 5.74) is 1.00. The molecule has 1 aromatic heterocycles. The molecule has 0 radical (unpaired) electrons. The van der Waals surface area contributed by atoms with Crippen LogP contribution in [0.2, 0.25) is 5.02 Å². The summed E-state index contributed by atoms with van der Waals surface area (Å²) in [5.74, 6) is 0.331. The number of benzene rings is 1. The maximum absolute atomic E-state index is 12.2. The Hall–Kier alpha value is -2.08. The molecule has 0 aliphatic carbocycles. The number of anilines is 1. The van der Waals surface area contributed by atoms with E-state index in [9.17, 15) is 4.79 Å². The zero-order valence-electron chi connectivity index (χ0n) is 11.6. The fraction of sp³-hybridized carbons (Fsp3) is 0.357. The molecule has 1 aliphatic heterocycles. The zero-order chi connectivity index (χ0) is 14.8. The first-order chi connectivity index (χ1) is 10.1. The standard InChI is InChI=1S/C14H15ClN4O2/c1-10-16-13(17-21-10)14(20)19-8-6-18(7-9-19)12-5-3-2-4-11(12)15/h2-5H,6-9H2,1H3. The molecule has 2 heterocycles. The van der Waals surface area contributed by atoms with Gasteiger partial charge in [0.25, 0.3) is 11.7 Å². The number of carbonyl (C=O) groups excluding carboxylic acids is 1. The fourth-order valence-corrected chi connectivity index (χ4v) is 2.64. The zero-order valence-corrected chi connectivity index (χ0v) is 12.4. The Balaban J connectivity index is 1.65. The summed E-state index contributed by atoms with van der Waals surface area (Å²) < 4.78 is 4.85. The molecule has 6 nitrogen and oxygen atoms in total. The molecule has 3 rings (SSSR count). The fourth-order valence-electron chi connectivity index (χ4n) is 2.39. The molecule has 0 spiro atoms. The molecule has 0 N–H and O–H groups in total. The number of para-hydroxylation sites is 1. The van der Waals surface area contributed by atoms with Crippen molar-refractivity contribution < 1.29 is 9.32 Å². The van der Waals surface area contributed by atoms with Crippen LogP contribution in [0.25, 0.3) is 0 Å². The Bertz CT molecular complexity index is 650. The molecule has 0 bridgehead atoms. The average molecular weight is 307 g/mol. The van der Waals surface area contributed by atoms with E-state index in [0.717, 1.165) is 23.8 Å². The summed E-state index contributed by atoms with van der Waals surface area (Å²) >= 11 is 6.20. The van der Waals surface area contributed by atoms with Crippen LogP contribution < -0.4 is 4.90 Å². The lowest BCUT2D eigenvalue weighted by Crippen LogP contribution is -2.49. The van der Waals surface area contributed by atoms with E-state index in [1.807, 2.05) is 24.3 Å². The van der Waals surface area contributed by atoms with Crippen molar-refractivity contribution in [3.8, 4) is 0 Å². The second kappa shape index (κ2) is 5.73. The van der Waals surface area contributed by atoms with Crippen molar-refractivity contribution in [3.63, 3.8) is 0 Å². The Kier molecular flexibility index (Phi) is 3.79. The van der Waals surface area contributed by atoms with E-state index in [0.29, 0.717) is 19.0 Å². The number of halogens is 1. The summed E-state index contributed by atoms with van der Waals surface area (Å²) in [6.07, 6.45) is 0. The van der Waals surface area contributed by atoms with E-state index >= 15 is 0 Å². The Morgan fingerprint density at radius 1 is 1.24 bits per heavy atom. The predicted octanol–water partition coefficient (Wildman–Crippen LogP) is 1.99. The van der Waals surface area contributed by atoms with Crippen molar-refractivity contribution in [1.82, 2.24) is 15.0 Å². The highest BCUT2D eigenvalue weighted by molar-refractivity contribution is 6.33. The molecule has 0 saturated carbocycles. The van der Waals surface area contributed by atoms with E-state index in [4.69, 9.17) is 16.1 Å². The Morgan fingerprint density at radius 2 is 1.95 bits per heavy atom. The molecule has 1 amide bonds. The highest BCUT2D eigenvalue weighted by Gasteiger charge is 2.25. The van der Waals surface area contributed by atoms with Gasteiger partial charge in [0.05, 0.1) is 10.7 Å². The second-order valence-corrected chi connectivity index (χ2v) is 5.27. The minimum absolute atomic E-state index is 0.124. The maximum Gasteiger partial charge on any atom is 0.295 e. The van der Waals surface area contributed by atoms with Gasteiger partial charge in [0.1, 0.15) is 0 Å². The van der Waals surface area contributed by atoms with Crippen molar-refractivity contribution in [2.24, 2.45) is 0 Å². The van der Waals surface area contributed by atoms with Gasteiger partial charge < -0.3 is 14.3 Å². The normalized spacial score (nSPS) is 15.3. The highest BCUT2D eigenvalue weighted by atomic mass is 35.5. The minimum atomic E-state index is -0.189. The number of nitrogens with zero attached hydrogens (tertiary/aromatic N) is 4. The summed E-state index contributed by atoms with van der Waals surface area (Å²) in [6, 6.07) is 7.73. The molecule has 0 unspecified atom stereocenters. The minimum Gasteiger partial charge on any atom is -0.367 e. The number of hydrogen-bond donors (Lipinski definition) is 0. The molecule has 0 atom stereocenters. The number of amides is 1. The van der Waals surface area contributed by atoms with Gasteiger partial charge in [-0.3, -0.25) is 4.79 Å². The van der Waals surface area contributed by atoms with Crippen molar-refractivity contribution in [2.45, 2.75) is 6.92 Å². The van der Waals surface area contributed by atoms with Gasteiger partial charge in [0, 0.05) is 33.1 Å². The molecule has 7 heteroatoms. The lowest BCUT2D eigenvalue weighted by molar-refractivity contribution is 0.0731. The predicted molar refractivity (Wildman–Crippen MR) is 78.6 cm³/mol. The monoisotopic (exact) mass is 306 g/mol. The molecule has 1 aromatic carbocycles. The van der Waals surface area contributed by atoms with Gasteiger partial charge in [-0.15, -0.1) is 0 Å². The Morgan fingerprint density at radius 3 is 2.57 bits per heavy atom. The molecule has 1 fully saturated rings. The van der Waals surface area contributed by atoms with Gasteiger partial charge in [-0.2, -0.15) is 4.98 Å². The van der Waals surface area contributed by atoms with Crippen molar-refractivity contribution in [1.29, 1.82) is 0 Å². The summed E-state index contributed by atoms with van der Waals surface area (Å²) in [7, 11) is 0. The number of piperazine rings is 1. The summed E-state index contributed by atoms with van der Waals surface area (Å²) in [4.78, 5) is 20.1. The highest BCUT2D eigenvalue weighted by Crippen LogP contribution is 2.26. The third kappa shape index (κ3) is 2.85. The van der Waals surface area contributed by atoms with Crippen LogP contribution in [0.15, 0.2) is 28.8 Å². The van der Waals surface area contributed by atoms with Gasteiger partial charge in [-0.1, -0.05) is 28.9 Å². The largest absolute Gasteiger partial charge is 0.367 e. The number of rotatable bonds is 2. The molecular weight excluding hydrogens is 292 g/mol. The van der Waals surface area contributed by atoms with Gasteiger partial charge >= 0.3 is 0 Å². The molecular formula is C14H15ClN4O2. The van der Waals surface area contributed by atoms with Crippen LogP contribution in [-0.4, -0.2) is 47.1 Å². The van der Waals surface area contributed by atoms with Crippen LogP contribution in [-0.2, 0) is 0 Å². The lowest BCUT2D eigenvalue weighted by Gasteiger charge is -2.35. The van der Waals surface area contributed by atoms with Gasteiger partial charge in [0.15, 0.2) is 0 Å². The van der Waals surface area contributed by atoms with Crippen molar-refractivity contribution >= 4 is 23.2 Å². The third-order valence-corrected chi connectivity index (χ3v) is 3.80. The van der Waals surface area contributed by atoms with E-state index < -0.39 is 0 Å². The van der Waals surface area contributed by atoms with Crippen LogP contribution in [0.1, 0.15) is 16.5 Å². The molecule has 1 saturated heterocycles. The molecule has 110 valence electrons. The topological polar surface area (TPSA) is 62.5 Å². The lowest BCUT2D eigenvalue weighted by atomic mass is 10.2. The first-order valence-electron chi connectivity index (χ1n) is 6.74. The summed E-state index contributed by atoms with van der Waals surface area (Å²) in [5, 5.41) is 4.40. The Labute approximate surface area is 127 Å². The first-order valence-corrected chi connectivity index (χ1v) is 7.12. The number of hydrogen-bond acceptors (Lipinski definition) is 5. The molecule has 2 aromatic rings. The molecule has 1 aliphatic rings. The number of aryl methyl sites for hydroxylation is 1. The average Bonchev–Trinajstić information content (AvgIpc) is 2.94. The first kappa shape index (κ1) is 13.9. The quantitative estimate of drug-likeness (QED) is 0.849. The number of aromatic nitrogens is 2.